The van der Waals surface area contributed by atoms with Gasteiger partial charge in [-0.2, -0.15) is 15.0 Å². The summed E-state index contributed by atoms with van der Waals surface area (Å²) in [7, 11) is 0. The van der Waals surface area contributed by atoms with Crippen molar-refractivity contribution in [3.8, 4) is 0 Å². The summed E-state index contributed by atoms with van der Waals surface area (Å²) in [5.74, 6) is 0.842. The number of nitrogens with zero attached hydrogens (tertiary/aromatic N) is 4. The predicted molar refractivity (Wildman–Crippen MR) is 59.2 cm³/mol. The maximum absolute atomic E-state index is 9.18. The molecule has 0 aromatic carbocycles. The first kappa shape index (κ1) is 11.0. The first-order chi connectivity index (χ1) is 7.69. The smallest absolute Gasteiger partial charge is 0.225 e. The lowest BCUT2D eigenvalue weighted by atomic mass is 10.2. The van der Waals surface area contributed by atoms with E-state index in [-0.39, 0.29) is 24.5 Å². The van der Waals surface area contributed by atoms with Crippen LogP contribution in [0.2, 0.25) is 0 Å². The lowest BCUT2D eigenvalue weighted by molar-refractivity contribution is 0.151. The molecule has 2 rings (SSSR count). The third-order valence-corrected chi connectivity index (χ3v) is 2.77. The Kier molecular flexibility index (Phi) is 3.16. The molecule has 0 saturated carbocycles. The van der Waals surface area contributed by atoms with Crippen LogP contribution in [0, 0.1) is 0 Å². The molecule has 1 aromatic heterocycles. The van der Waals surface area contributed by atoms with Crippen molar-refractivity contribution >= 4 is 11.9 Å². The highest BCUT2D eigenvalue weighted by atomic mass is 16.3. The highest BCUT2D eigenvalue weighted by Gasteiger charge is 2.24. The molecule has 1 aliphatic rings. The van der Waals surface area contributed by atoms with Crippen molar-refractivity contribution in [3.63, 3.8) is 0 Å². The van der Waals surface area contributed by atoms with Crippen LogP contribution < -0.4 is 11.5 Å². The number of likely N-dealkylation sites (tertiary alicyclic amines) is 1. The molecule has 0 spiro atoms. The number of aliphatic hydroxyl groups excluding tert-OH is 1. The fraction of sp³-hybridized carbons (Fsp3) is 0.667. The molecule has 7 nitrogen and oxygen atoms in total. The van der Waals surface area contributed by atoms with Crippen LogP contribution >= 0.6 is 0 Å². The number of anilines is 2. The van der Waals surface area contributed by atoms with Gasteiger partial charge in [0.15, 0.2) is 0 Å². The van der Waals surface area contributed by atoms with Crippen molar-refractivity contribution in [1.29, 1.82) is 0 Å². The largest absolute Gasteiger partial charge is 0.395 e. The first-order valence-electron chi connectivity index (χ1n) is 5.30. The Morgan fingerprint density at radius 1 is 1.25 bits per heavy atom. The summed E-state index contributed by atoms with van der Waals surface area (Å²) in [5, 5.41) is 9.18. The molecule has 0 bridgehead atoms. The summed E-state index contributed by atoms with van der Waals surface area (Å²) in [6, 6.07) is 0.194. The molecule has 1 atom stereocenters. The highest BCUT2D eigenvalue weighted by Crippen LogP contribution is 2.18. The number of hydrogen-bond donors (Lipinski definition) is 3. The molecule has 16 heavy (non-hydrogen) atoms. The molecule has 1 saturated heterocycles. The quantitative estimate of drug-likeness (QED) is 0.602. The lowest BCUT2D eigenvalue weighted by Crippen LogP contribution is -2.32. The van der Waals surface area contributed by atoms with Crippen LogP contribution in [0.4, 0.5) is 11.9 Å². The van der Waals surface area contributed by atoms with E-state index in [4.69, 9.17) is 11.5 Å². The average Bonchev–Trinajstić information content (AvgIpc) is 2.63. The highest BCUT2D eigenvalue weighted by molar-refractivity contribution is 5.25. The minimum atomic E-state index is 0.141. The lowest BCUT2D eigenvalue weighted by Gasteiger charge is -2.21. The van der Waals surface area contributed by atoms with Crippen LogP contribution in [0.15, 0.2) is 0 Å². The second-order valence-electron chi connectivity index (χ2n) is 3.92. The molecule has 0 aliphatic carbocycles. The van der Waals surface area contributed by atoms with Crippen molar-refractivity contribution < 1.29 is 5.11 Å². The van der Waals surface area contributed by atoms with Gasteiger partial charge in [0.1, 0.15) is 5.82 Å². The van der Waals surface area contributed by atoms with E-state index < -0.39 is 0 Å². The Morgan fingerprint density at radius 2 is 1.94 bits per heavy atom. The maximum Gasteiger partial charge on any atom is 0.225 e. The number of aromatic nitrogens is 3. The number of rotatable bonds is 3. The van der Waals surface area contributed by atoms with Crippen LogP contribution in [0.25, 0.3) is 0 Å². The number of aliphatic hydroxyl groups is 1. The van der Waals surface area contributed by atoms with Crippen molar-refractivity contribution in [2.45, 2.75) is 25.4 Å². The van der Waals surface area contributed by atoms with Gasteiger partial charge in [0.25, 0.3) is 0 Å². The van der Waals surface area contributed by atoms with Crippen LogP contribution in [0.1, 0.15) is 18.7 Å². The Labute approximate surface area is 93.5 Å². The Balaban J connectivity index is 2.08. The SMILES string of the molecule is Nc1nc(N)nc(CN2CCCC2CO)n1. The molecule has 0 amide bonds. The van der Waals surface area contributed by atoms with Crippen LogP contribution in [-0.4, -0.2) is 44.2 Å². The van der Waals surface area contributed by atoms with Gasteiger partial charge in [-0.1, -0.05) is 0 Å². The summed E-state index contributed by atoms with van der Waals surface area (Å²) < 4.78 is 0. The minimum absolute atomic E-state index is 0.141. The summed E-state index contributed by atoms with van der Waals surface area (Å²) in [6.07, 6.45) is 2.09. The monoisotopic (exact) mass is 224 g/mol. The van der Waals surface area contributed by atoms with E-state index in [0.717, 1.165) is 19.4 Å². The van der Waals surface area contributed by atoms with Crippen molar-refractivity contribution in [2.75, 3.05) is 24.6 Å². The standard InChI is InChI=1S/C9H16N6O/c10-8-12-7(13-9(11)14-8)4-15-3-1-2-6(15)5-16/h6,16H,1-5H2,(H4,10,11,12,13,14). The van der Waals surface area contributed by atoms with E-state index >= 15 is 0 Å². The van der Waals surface area contributed by atoms with E-state index in [1.54, 1.807) is 0 Å². The molecular formula is C9H16N6O. The van der Waals surface area contributed by atoms with Gasteiger partial charge in [0.2, 0.25) is 11.9 Å². The fourth-order valence-corrected chi connectivity index (χ4v) is 2.02. The van der Waals surface area contributed by atoms with Crippen LogP contribution in [-0.2, 0) is 6.54 Å². The van der Waals surface area contributed by atoms with E-state index in [2.05, 4.69) is 19.9 Å². The molecule has 0 radical (unpaired) electrons. The fourth-order valence-electron chi connectivity index (χ4n) is 2.02. The zero-order valence-corrected chi connectivity index (χ0v) is 9.00. The topological polar surface area (TPSA) is 114 Å². The summed E-state index contributed by atoms with van der Waals surface area (Å²) in [5.41, 5.74) is 11.0. The molecule has 5 N–H and O–H groups in total. The van der Waals surface area contributed by atoms with Gasteiger partial charge in [-0.15, -0.1) is 0 Å². The molecule has 1 fully saturated rings. The first-order valence-corrected chi connectivity index (χ1v) is 5.30. The second kappa shape index (κ2) is 4.58. The molecular weight excluding hydrogens is 208 g/mol. The van der Waals surface area contributed by atoms with E-state index in [0.29, 0.717) is 12.4 Å². The van der Waals surface area contributed by atoms with Gasteiger partial charge in [0, 0.05) is 6.04 Å². The number of nitrogen functional groups attached to an aromatic ring is 2. The Hall–Kier alpha value is -1.47. The molecule has 7 heteroatoms. The number of nitrogens with two attached hydrogens (primary N) is 2. The Morgan fingerprint density at radius 3 is 2.56 bits per heavy atom. The van der Waals surface area contributed by atoms with Crippen LogP contribution in [0.5, 0.6) is 0 Å². The van der Waals surface area contributed by atoms with Gasteiger partial charge in [-0.25, -0.2) is 0 Å². The van der Waals surface area contributed by atoms with Gasteiger partial charge in [0.05, 0.1) is 13.2 Å². The van der Waals surface area contributed by atoms with Gasteiger partial charge >= 0.3 is 0 Å². The minimum Gasteiger partial charge on any atom is -0.395 e. The molecule has 1 aliphatic heterocycles. The van der Waals surface area contributed by atoms with Crippen molar-refractivity contribution in [1.82, 2.24) is 19.9 Å². The molecule has 2 heterocycles. The molecule has 1 unspecified atom stereocenters. The van der Waals surface area contributed by atoms with Crippen molar-refractivity contribution in [3.05, 3.63) is 5.82 Å². The normalized spacial score (nSPS) is 21.4. The van der Waals surface area contributed by atoms with Gasteiger partial charge < -0.3 is 16.6 Å². The van der Waals surface area contributed by atoms with E-state index in [1.165, 1.54) is 0 Å². The molecule has 1 aromatic rings. The summed E-state index contributed by atoms with van der Waals surface area (Å²) in [4.78, 5) is 13.9. The average molecular weight is 224 g/mol. The third kappa shape index (κ3) is 2.37. The van der Waals surface area contributed by atoms with Gasteiger partial charge in [-0.3, -0.25) is 4.90 Å². The predicted octanol–water partition coefficient (Wildman–Crippen LogP) is -1.01. The zero-order chi connectivity index (χ0) is 11.5. The third-order valence-electron chi connectivity index (χ3n) is 2.77. The zero-order valence-electron chi connectivity index (χ0n) is 9.00. The van der Waals surface area contributed by atoms with E-state index in [9.17, 15) is 5.11 Å². The number of hydrogen-bond acceptors (Lipinski definition) is 7. The summed E-state index contributed by atoms with van der Waals surface area (Å²) in [6.45, 7) is 1.66. The van der Waals surface area contributed by atoms with E-state index in [1.807, 2.05) is 0 Å². The molecule has 88 valence electrons. The second-order valence-corrected chi connectivity index (χ2v) is 3.92. The maximum atomic E-state index is 9.18. The van der Waals surface area contributed by atoms with Crippen molar-refractivity contribution in [2.24, 2.45) is 0 Å². The van der Waals surface area contributed by atoms with Crippen LogP contribution in [0.3, 0.4) is 0 Å². The summed E-state index contributed by atoms with van der Waals surface area (Å²) >= 11 is 0. The Bertz CT molecular complexity index is 351. The van der Waals surface area contributed by atoms with Gasteiger partial charge in [-0.05, 0) is 19.4 Å².